The van der Waals surface area contributed by atoms with Crippen molar-refractivity contribution in [3.63, 3.8) is 0 Å². The molecule has 0 amide bonds. The number of aromatic carboxylic acids is 1. The van der Waals surface area contributed by atoms with Crippen molar-refractivity contribution in [2.75, 3.05) is 6.61 Å². The molecule has 1 aromatic carbocycles. The summed E-state index contributed by atoms with van der Waals surface area (Å²) in [4.78, 5) is 11.1. The van der Waals surface area contributed by atoms with Crippen molar-refractivity contribution in [2.24, 2.45) is 5.41 Å². The first-order valence-electron chi connectivity index (χ1n) is 6.01. The van der Waals surface area contributed by atoms with Gasteiger partial charge in [-0.3, -0.25) is 4.18 Å². The minimum atomic E-state index is -3.98. The molecule has 0 unspecified atom stereocenters. The molecule has 1 rings (SSSR count). The average molecular weight is 321 g/mol. The van der Waals surface area contributed by atoms with E-state index >= 15 is 0 Å². The molecule has 0 radical (unpaired) electrons. The second kappa shape index (κ2) is 6.56. The van der Waals surface area contributed by atoms with Crippen molar-refractivity contribution in [2.45, 2.75) is 26.7 Å². The van der Waals surface area contributed by atoms with E-state index in [-0.39, 0.29) is 12.2 Å². The van der Waals surface area contributed by atoms with E-state index in [2.05, 4.69) is 4.18 Å². The summed E-state index contributed by atoms with van der Waals surface area (Å²) in [5.41, 5.74) is 0.532. The van der Waals surface area contributed by atoms with Crippen molar-refractivity contribution in [3.8, 4) is 0 Å². The molecule has 112 valence electrons. The third kappa shape index (κ3) is 5.90. The van der Waals surface area contributed by atoms with Crippen molar-refractivity contribution in [1.82, 2.24) is 0 Å². The van der Waals surface area contributed by atoms with Gasteiger partial charge in [0, 0.05) is 10.7 Å². The second-order valence-electron chi connectivity index (χ2n) is 5.28. The van der Waals surface area contributed by atoms with Crippen LogP contribution in [-0.4, -0.2) is 26.1 Å². The molecule has 0 saturated heterocycles. The molecule has 0 aromatic heterocycles. The first kappa shape index (κ1) is 16.9. The molecule has 0 fully saturated rings. The van der Waals surface area contributed by atoms with Crippen molar-refractivity contribution in [3.05, 3.63) is 35.4 Å². The molecular weight excluding hydrogens is 304 g/mol. The Hall–Kier alpha value is -1.11. The molecule has 0 atom stereocenters. The van der Waals surface area contributed by atoms with Gasteiger partial charge in [0.1, 0.15) is 0 Å². The summed E-state index contributed by atoms with van der Waals surface area (Å²) in [5.74, 6) is -0.974. The zero-order chi connectivity index (χ0) is 15.4. The largest absolute Gasteiger partial charge is 0.478 e. The zero-order valence-corrected chi connectivity index (χ0v) is 12.9. The lowest BCUT2D eigenvalue weighted by Gasteiger charge is -2.23. The number of rotatable bonds is 7. The smallest absolute Gasteiger partial charge is 0.355 e. The fourth-order valence-electron chi connectivity index (χ4n) is 1.72. The van der Waals surface area contributed by atoms with Gasteiger partial charge >= 0.3 is 15.3 Å². The zero-order valence-electron chi connectivity index (χ0n) is 11.3. The second-order valence-corrected chi connectivity index (χ2v) is 7.44. The fraction of sp³-hybridized carbons (Fsp3) is 0.462. The average Bonchev–Trinajstić information content (AvgIpc) is 2.34. The number of carboxylic acid groups (broad SMARTS) is 1. The first-order chi connectivity index (χ1) is 9.11. The van der Waals surface area contributed by atoms with Crippen LogP contribution in [0, 0.1) is 5.41 Å². The Morgan fingerprint density at radius 1 is 1.35 bits per heavy atom. The Balaban J connectivity index is 2.69. The number of carboxylic acids is 1. The van der Waals surface area contributed by atoms with E-state index < -0.39 is 20.7 Å². The number of hydrogen-bond donors (Lipinski definition) is 1. The number of aryl methyl sites for hydroxylation is 1. The summed E-state index contributed by atoms with van der Waals surface area (Å²) in [7, 11) is 1.01. The van der Waals surface area contributed by atoms with Crippen LogP contribution < -0.4 is 0 Å². The van der Waals surface area contributed by atoms with E-state index in [1.54, 1.807) is 24.3 Å². The summed E-state index contributed by atoms with van der Waals surface area (Å²) in [5, 5.41) is 9.08. The molecule has 0 aliphatic rings. The highest BCUT2D eigenvalue weighted by Crippen LogP contribution is 2.25. The van der Waals surface area contributed by atoms with E-state index in [1.807, 2.05) is 13.8 Å². The van der Waals surface area contributed by atoms with Crippen LogP contribution in [0.1, 0.15) is 36.2 Å². The third-order valence-corrected chi connectivity index (χ3v) is 3.58. The molecule has 0 aliphatic carbocycles. The SMILES string of the molecule is CC(C)(CCc1ccccc1C(=O)O)COS(=O)(=O)Cl. The quantitative estimate of drug-likeness (QED) is 0.781. The lowest BCUT2D eigenvalue weighted by Crippen LogP contribution is -2.21. The number of hydrogen-bond acceptors (Lipinski definition) is 4. The summed E-state index contributed by atoms with van der Waals surface area (Å²) in [6.45, 7) is 3.62. The van der Waals surface area contributed by atoms with Crippen molar-refractivity contribution < 1.29 is 22.5 Å². The van der Waals surface area contributed by atoms with Gasteiger partial charge in [-0.2, -0.15) is 8.42 Å². The van der Waals surface area contributed by atoms with E-state index in [0.717, 1.165) is 0 Å². The van der Waals surface area contributed by atoms with Crippen LogP contribution in [0.15, 0.2) is 24.3 Å². The van der Waals surface area contributed by atoms with Gasteiger partial charge in [0.05, 0.1) is 12.2 Å². The van der Waals surface area contributed by atoms with Crippen LogP contribution in [-0.2, 0) is 19.9 Å². The Morgan fingerprint density at radius 3 is 2.50 bits per heavy atom. The van der Waals surface area contributed by atoms with Gasteiger partial charge < -0.3 is 5.11 Å². The topological polar surface area (TPSA) is 80.7 Å². The predicted octanol–water partition coefficient (Wildman–Crippen LogP) is 2.84. The van der Waals surface area contributed by atoms with Gasteiger partial charge in [0.25, 0.3) is 0 Å². The summed E-state index contributed by atoms with van der Waals surface area (Å²) in [6, 6.07) is 6.73. The highest BCUT2D eigenvalue weighted by Gasteiger charge is 2.22. The lowest BCUT2D eigenvalue weighted by atomic mass is 9.86. The molecule has 0 heterocycles. The molecule has 20 heavy (non-hydrogen) atoms. The third-order valence-electron chi connectivity index (χ3n) is 2.91. The van der Waals surface area contributed by atoms with Gasteiger partial charge in [-0.1, -0.05) is 32.0 Å². The Bertz CT molecular complexity index is 580. The highest BCUT2D eigenvalue weighted by atomic mass is 35.7. The molecule has 7 heteroatoms. The monoisotopic (exact) mass is 320 g/mol. The molecule has 0 saturated carbocycles. The number of halogens is 1. The van der Waals surface area contributed by atoms with Crippen LogP contribution in [0.4, 0.5) is 0 Å². The molecule has 0 bridgehead atoms. The van der Waals surface area contributed by atoms with Gasteiger partial charge in [-0.25, -0.2) is 4.79 Å². The maximum absolute atomic E-state index is 11.1. The molecular formula is C13H17ClO5S. The molecule has 5 nitrogen and oxygen atoms in total. The summed E-state index contributed by atoms with van der Waals surface area (Å²) < 4.78 is 26.1. The van der Waals surface area contributed by atoms with Crippen LogP contribution in [0.25, 0.3) is 0 Å². The Morgan fingerprint density at radius 2 is 1.95 bits per heavy atom. The van der Waals surface area contributed by atoms with Gasteiger partial charge in [0.2, 0.25) is 0 Å². The van der Waals surface area contributed by atoms with Crippen LogP contribution in [0.3, 0.4) is 0 Å². The van der Waals surface area contributed by atoms with E-state index in [1.165, 1.54) is 0 Å². The minimum absolute atomic E-state index is 0.0475. The number of benzene rings is 1. The highest BCUT2D eigenvalue weighted by molar-refractivity contribution is 8.09. The molecule has 1 aromatic rings. The van der Waals surface area contributed by atoms with Gasteiger partial charge in [-0.05, 0) is 29.9 Å². The van der Waals surface area contributed by atoms with Crippen molar-refractivity contribution in [1.29, 1.82) is 0 Å². The predicted molar refractivity (Wildman–Crippen MR) is 76.2 cm³/mol. The standard InChI is InChI=1S/C13H17ClO5S/c1-13(2,9-19-20(14,17)18)8-7-10-5-3-4-6-11(10)12(15)16/h3-6H,7-9H2,1-2H3,(H,15,16). The maximum atomic E-state index is 11.1. The first-order valence-corrected chi connectivity index (χ1v) is 8.24. The van der Waals surface area contributed by atoms with Gasteiger partial charge in [-0.15, -0.1) is 0 Å². The summed E-state index contributed by atoms with van der Waals surface area (Å²) in [6.07, 6.45) is 1.09. The van der Waals surface area contributed by atoms with Crippen LogP contribution in [0.5, 0.6) is 0 Å². The van der Waals surface area contributed by atoms with Gasteiger partial charge in [0.15, 0.2) is 0 Å². The molecule has 1 N–H and O–H groups in total. The fourth-order valence-corrected chi connectivity index (χ4v) is 2.32. The minimum Gasteiger partial charge on any atom is -0.478 e. The molecule has 0 aliphatic heterocycles. The lowest BCUT2D eigenvalue weighted by molar-refractivity contribution is 0.0695. The van der Waals surface area contributed by atoms with Crippen LogP contribution in [0.2, 0.25) is 0 Å². The normalized spacial score (nSPS) is 12.3. The van der Waals surface area contributed by atoms with E-state index in [9.17, 15) is 13.2 Å². The molecule has 0 spiro atoms. The number of carbonyl (C=O) groups is 1. The van der Waals surface area contributed by atoms with Crippen molar-refractivity contribution >= 4 is 26.0 Å². The maximum Gasteiger partial charge on any atom is 0.355 e. The van der Waals surface area contributed by atoms with E-state index in [4.69, 9.17) is 15.8 Å². The summed E-state index contributed by atoms with van der Waals surface area (Å²) >= 11 is 0. The van der Waals surface area contributed by atoms with Crippen LogP contribution >= 0.6 is 10.7 Å². The Labute approximate surface area is 123 Å². The Kier molecular flexibility index (Phi) is 5.56. The van der Waals surface area contributed by atoms with E-state index in [0.29, 0.717) is 18.4 Å².